The minimum Gasteiger partial charge on any atom is -0.481 e. The van der Waals surface area contributed by atoms with Crippen LogP contribution in [0.5, 0.6) is 11.6 Å². The van der Waals surface area contributed by atoms with Crippen molar-refractivity contribution in [2.24, 2.45) is 5.92 Å². The lowest BCUT2D eigenvalue weighted by Gasteiger charge is -2.17. The van der Waals surface area contributed by atoms with E-state index in [1.807, 2.05) is 6.92 Å². The highest BCUT2D eigenvalue weighted by Gasteiger charge is 2.19. The lowest BCUT2D eigenvalue weighted by atomic mass is 10.2. The fraction of sp³-hybridized carbons (Fsp3) is 0.200. The monoisotopic (exact) mass is 522 g/mol. The second-order valence-corrected chi connectivity index (χ2v) is 8.76. The van der Waals surface area contributed by atoms with E-state index in [0.29, 0.717) is 22.3 Å². The highest BCUT2D eigenvalue weighted by molar-refractivity contribution is 6.30. The molecule has 4 aromatic rings. The van der Waals surface area contributed by atoms with E-state index in [0.717, 1.165) is 15.8 Å². The molecular formula is C25H23ClN6O5. The van der Waals surface area contributed by atoms with Gasteiger partial charge in [0.1, 0.15) is 5.75 Å². The number of carboxylic acids is 1. The Balaban J connectivity index is 1.65. The quantitative estimate of drug-likeness (QED) is 0.338. The number of hydrogen-bond donors (Lipinski definition) is 2. The Morgan fingerprint density at radius 1 is 1.03 bits per heavy atom. The van der Waals surface area contributed by atoms with Crippen molar-refractivity contribution < 1.29 is 14.6 Å². The predicted molar refractivity (Wildman–Crippen MR) is 137 cm³/mol. The molecule has 0 spiro atoms. The molecule has 190 valence electrons. The minimum absolute atomic E-state index is 0.00208. The molecule has 0 fully saturated rings. The Labute approximate surface area is 216 Å². The summed E-state index contributed by atoms with van der Waals surface area (Å²) in [5, 5.41) is 20.7. The van der Waals surface area contributed by atoms with E-state index in [4.69, 9.17) is 16.3 Å². The molecule has 2 heterocycles. The molecule has 37 heavy (non-hydrogen) atoms. The minimum atomic E-state index is -1.13. The SMILES string of the molecule is Cc1ccc(Oc2ccc(Nc3nc(=O)n(C[C@H](C)C(=O)O)c(=O)n3Cc3ccc(Cl)cc3)cc2)nn1. The van der Waals surface area contributed by atoms with Gasteiger partial charge in [0.2, 0.25) is 11.8 Å². The van der Waals surface area contributed by atoms with Gasteiger partial charge in [0.25, 0.3) is 0 Å². The molecule has 2 N–H and O–H groups in total. The Morgan fingerprint density at radius 3 is 2.35 bits per heavy atom. The van der Waals surface area contributed by atoms with Crippen molar-refractivity contribution in [2.45, 2.75) is 26.9 Å². The van der Waals surface area contributed by atoms with Crippen LogP contribution in [0.2, 0.25) is 5.02 Å². The van der Waals surface area contributed by atoms with Crippen molar-refractivity contribution in [1.29, 1.82) is 0 Å². The summed E-state index contributed by atoms with van der Waals surface area (Å²) >= 11 is 5.98. The summed E-state index contributed by atoms with van der Waals surface area (Å²) in [5.74, 6) is -1.24. The summed E-state index contributed by atoms with van der Waals surface area (Å²) in [6.45, 7) is 2.99. The van der Waals surface area contributed by atoms with Gasteiger partial charge in [0.05, 0.1) is 18.2 Å². The molecule has 0 aliphatic rings. The van der Waals surface area contributed by atoms with Crippen LogP contribution < -0.4 is 21.4 Å². The number of carbonyl (C=O) groups is 1. The van der Waals surface area contributed by atoms with E-state index in [-0.39, 0.29) is 19.0 Å². The first-order valence-corrected chi connectivity index (χ1v) is 11.6. The average molecular weight is 523 g/mol. The van der Waals surface area contributed by atoms with Crippen LogP contribution in [0.25, 0.3) is 0 Å². The zero-order valence-electron chi connectivity index (χ0n) is 20.0. The Kier molecular flexibility index (Phi) is 7.63. The number of nitrogens with one attached hydrogen (secondary N) is 1. The van der Waals surface area contributed by atoms with Crippen LogP contribution in [0.3, 0.4) is 0 Å². The van der Waals surface area contributed by atoms with Gasteiger partial charge in [-0.1, -0.05) is 30.7 Å². The summed E-state index contributed by atoms with van der Waals surface area (Å²) in [6, 6.07) is 17.1. The van der Waals surface area contributed by atoms with E-state index in [9.17, 15) is 19.5 Å². The molecule has 1 atom stereocenters. The van der Waals surface area contributed by atoms with Crippen molar-refractivity contribution in [3.63, 3.8) is 0 Å². The first-order valence-electron chi connectivity index (χ1n) is 11.2. The first kappa shape index (κ1) is 25.6. The van der Waals surface area contributed by atoms with Gasteiger partial charge in [-0.15, -0.1) is 5.10 Å². The molecule has 0 aliphatic carbocycles. The lowest BCUT2D eigenvalue weighted by molar-refractivity contribution is -0.141. The highest BCUT2D eigenvalue weighted by Crippen LogP contribution is 2.22. The van der Waals surface area contributed by atoms with Crippen molar-refractivity contribution in [2.75, 3.05) is 5.32 Å². The van der Waals surface area contributed by atoms with Crippen molar-refractivity contribution >= 4 is 29.2 Å². The number of aromatic nitrogens is 5. The number of anilines is 2. The smallest absolute Gasteiger partial charge is 0.354 e. The summed E-state index contributed by atoms with van der Waals surface area (Å²) < 4.78 is 7.77. The number of halogens is 1. The number of aliphatic carboxylic acids is 1. The van der Waals surface area contributed by atoms with Gasteiger partial charge in [-0.2, -0.15) is 10.1 Å². The molecule has 2 aromatic heterocycles. The molecule has 12 heteroatoms. The third-order valence-corrected chi connectivity index (χ3v) is 5.64. The van der Waals surface area contributed by atoms with Gasteiger partial charge in [-0.25, -0.2) is 14.2 Å². The number of carboxylic acid groups (broad SMARTS) is 1. The Morgan fingerprint density at radius 2 is 1.73 bits per heavy atom. The number of rotatable bonds is 9. The number of nitrogens with zero attached hydrogens (tertiary/aromatic N) is 5. The molecular weight excluding hydrogens is 500 g/mol. The van der Waals surface area contributed by atoms with Crippen molar-refractivity contribution in [3.8, 4) is 11.6 Å². The second kappa shape index (κ2) is 11.0. The van der Waals surface area contributed by atoms with Gasteiger partial charge in [0.15, 0.2) is 0 Å². The predicted octanol–water partition coefficient (Wildman–Crippen LogP) is 3.46. The topological polar surface area (TPSA) is 141 Å². The van der Waals surface area contributed by atoms with E-state index < -0.39 is 23.3 Å². The molecule has 0 saturated carbocycles. The zero-order valence-corrected chi connectivity index (χ0v) is 20.7. The fourth-order valence-electron chi connectivity index (χ4n) is 3.35. The summed E-state index contributed by atoms with van der Waals surface area (Å²) in [7, 11) is 0. The molecule has 2 aromatic carbocycles. The summed E-state index contributed by atoms with van der Waals surface area (Å²) in [5.41, 5.74) is 0.489. The van der Waals surface area contributed by atoms with Gasteiger partial charge < -0.3 is 15.2 Å². The van der Waals surface area contributed by atoms with Gasteiger partial charge in [-0.3, -0.25) is 9.36 Å². The van der Waals surface area contributed by atoms with Crippen molar-refractivity contribution in [1.82, 2.24) is 24.3 Å². The fourth-order valence-corrected chi connectivity index (χ4v) is 3.47. The average Bonchev–Trinajstić information content (AvgIpc) is 2.87. The maximum absolute atomic E-state index is 13.3. The molecule has 0 radical (unpaired) electrons. The van der Waals surface area contributed by atoms with Crippen LogP contribution in [-0.2, 0) is 17.9 Å². The molecule has 11 nitrogen and oxygen atoms in total. The summed E-state index contributed by atoms with van der Waals surface area (Å²) in [4.78, 5) is 41.4. The number of hydrogen-bond acceptors (Lipinski definition) is 8. The number of benzene rings is 2. The second-order valence-electron chi connectivity index (χ2n) is 8.33. The van der Waals surface area contributed by atoms with Crippen LogP contribution in [0.4, 0.5) is 11.6 Å². The number of aryl methyl sites for hydroxylation is 1. The largest absolute Gasteiger partial charge is 0.481 e. The molecule has 0 amide bonds. The Hall–Kier alpha value is -4.51. The zero-order chi connectivity index (χ0) is 26.5. The maximum atomic E-state index is 13.3. The van der Waals surface area contributed by atoms with Crippen LogP contribution >= 0.6 is 11.6 Å². The molecule has 4 rings (SSSR count). The normalized spacial score (nSPS) is 11.6. The van der Waals surface area contributed by atoms with Crippen LogP contribution in [0.15, 0.2) is 70.3 Å². The third-order valence-electron chi connectivity index (χ3n) is 5.39. The van der Waals surface area contributed by atoms with Crippen molar-refractivity contribution in [3.05, 3.63) is 97.9 Å². The van der Waals surface area contributed by atoms with Gasteiger partial charge in [-0.05, 0) is 55.0 Å². The van der Waals surface area contributed by atoms with E-state index in [2.05, 4.69) is 20.5 Å². The molecule has 0 saturated heterocycles. The van der Waals surface area contributed by atoms with E-state index in [1.54, 1.807) is 60.7 Å². The van der Waals surface area contributed by atoms with Gasteiger partial charge in [0, 0.05) is 23.3 Å². The van der Waals surface area contributed by atoms with Crippen LogP contribution in [0, 0.1) is 12.8 Å². The Bertz CT molecular complexity index is 1520. The highest BCUT2D eigenvalue weighted by atomic mass is 35.5. The van der Waals surface area contributed by atoms with Crippen LogP contribution in [0.1, 0.15) is 18.2 Å². The molecule has 0 unspecified atom stereocenters. The van der Waals surface area contributed by atoms with E-state index >= 15 is 0 Å². The first-order chi connectivity index (χ1) is 17.7. The van der Waals surface area contributed by atoms with Gasteiger partial charge >= 0.3 is 17.3 Å². The maximum Gasteiger partial charge on any atom is 0.354 e. The summed E-state index contributed by atoms with van der Waals surface area (Å²) in [6.07, 6.45) is 0. The standard InChI is InChI=1S/C25H23ClN6O5/c1-15(22(33)34)13-32-24(35)28-23(31(25(32)36)14-17-4-6-18(26)7-5-17)27-19-8-10-20(11-9-19)37-21-12-3-16(2)29-30-21/h3-12,15H,13-14H2,1-2H3,(H,33,34)(H,27,28,35)/t15-/m0/s1. The van der Waals surface area contributed by atoms with E-state index in [1.165, 1.54) is 11.5 Å². The molecule has 0 bridgehead atoms. The number of ether oxygens (including phenoxy) is 1. The van der Waals surface area contributed by atoms with Crippen LogP contribution in [-0.4, -0.2) is 35.4 Å². The third kappa shape index (κ3) is 6.39. The lowest BCUT2D eigenvalue weighted by Crippen LogP contribution is -2.44. The molecule has 0 aliphatic heterocycles.